The van der Waals surface area contributed by atoms with E-state index in [-0.39, 0.29) is 29.3 Å². The SMILES string of the molecule is CC1CC(Nc2ncccc2F)=C(N)CN1C(=O)c1cccc(Cl)c1Cl. The quantitative estimate of drug-likeness (QED) is 0.823. The molecule has 0 radical (unpaired) electrons. The lowest BCUT2D eigenvalue weighted by molar-refractivity contribution is 0.0697. The Hall–Kier alpha value is -2.31. The molecule has 3 rings (SSSR count). The van der Waals surface area contributed by atoms with Crippen molar-refractivity contribution in [2.45, 2.75) is 19.4 Å². The van der Waals surface area contributed by atoms with Crippen molar-refractivity contribution >= 4 is 34.9 Å². The molecule has 136 valence electrons. The summed E-state index contributed by atoms with van der Waals surface area (Å²) in [6.07, 6.45) is 1.93. The van der Waals surface area contributed by atoms with Crippen molar-refractivity contribution < 1.29 is 9.18 Å². The monoisotopic (exact) mass is 394 g/mol. The topological polar surface area (TPSA) is 71.2 Å². The van der Waals surface area contributed by atoms with E-state index in [1.54, 1.807) is 23.1 Å². The third-order valence-corrected chi connectivity index (χ3v) is 5.05. The zero-order chi connectivity index (χ0) is 18.8. The fourth-order valence-corrected chi connectivity index (χ4v) is 3.20. The van der Waals surface area contributed by atoms with Crippen LogP contribution >= 0.6 is 23.2 Å². The van der Waals surface area contributed by atoms with Crippen molar-refractivity contribution in [2.75, 3.05) is 11.9 Å². The van der Waals surface area contributed by atoms with Crippen molar-refractivity contribution in [1.29, 1.82) is 0 Å². The molecule has 1 aromatic heterocycles. The van der Waals surface area contributed by atoms with E-state index >= 15 is 0 Å². The summed E-state index contributed by atoms with van der Waals surface area (Å²) in [5.74, 6) is -0.615. The number of benzene rings is 1. The van der Waals surface area contributed by atoms with Crippen LogP contribution in [0.3, 0.4) is 0 Å². The number of anilines is 1. The average Bonchev–Trinajstić information content (AvgIpc) is 2.61. The summed E-state index contributed by atoms with van der Waals surface area (Å²) in [6.45, 7) is 2.08. The molecule has 1 aromatic carbocycles. The second-order valence-corrected chi connectivity index (χ2v) is 6.84. The summed E-state index contributed by atoms with van der Waals surface area (Å²) in [7, 11) is 0. The Morgan fingerprint density at radius 3 is 2.85 bits per heavy atom. The van der Waals surface area contributed by atoms with Crippen LogP contribution in [0.5, 0.6) is 0 Å². The van der Waals surface area contributed by atoms with Crippen LogP contribution in [-0.2, 0) is 0 Å². The van der Waals surface area contributed by atoms with Crippen molar-refractivity contribution in [3.63, 3.8) is 0 Å². The first-order valence-electron chi connectivity index (χ1n) is 7.98. The number of hydrogen-bond acceptors (Lipinski definition) is 4. The first kappa shape index (κ1) is 18.5. The minimum Gasteiger partial charge on any atom is -0.399 e. The van der Waals surface area contributed by atoms with Crippen molar-refractivity contribution in [3.8, 4) is 0 Å². The highest BCUT2D eigenvalue weighted by Gasteiger charge is 2.30. The first-order chi connectivity index (χ1) is 12.4. The Balaban J connectivity index is 1.83. The van der Waals surface area contributed by atoms with Gasteiger partial charge in [-0.1, -0.05) is 29.3 Å². The van der Waals surface area contributed by atoms with Crippen molar-refractivity contribution in [2.24, 2.45) is 5.73 Å². The Morgan fingerprint density at radius 1 is 1.35 bits per heavy atom. The number of nitrogens with two attached hydrogens (primary N) is 1. The Labute approximate surface area is 160 Å². The van der Waals surface area contributed by atoms with Gasteiger partial charge >= 0.3 is 0 Å². The molecule has 2 heterocycles. The highest BCUT2D eigenvalue weighted by atomic mass is 35.5. The highest BCUT2D eigenvalue weighted by molar-refractivity contribution is 6.43. The predicted octanol–water partition coefficient (Wildman–Crippen LogP) is 4.04. The summed E-state index contributed by atoms with van der Waals surface area (Å²) in [5.41, 5.74) is 7.55. The van der Waals surface area contributed by atoms with Gasteiger partial charge in [-0.15, -0.1) is 0 Å². The van der Waals surface area contributed by atoms with Gasteiger partial charge in [0.05, 0.1) is 22.2 Å². The van der Waals surface area contributed by atoms with Gasteiger partial charge in [-0.05, 0) is 31.2 Å². The van der Waals surface area contributed by atoms with Gasteiger partial charge in [0, 0.05) is 30.1 Å². The van der Waals surface area contributed by atoms with Gasteiger partial charge in [-0.3, -0.25) is 4.79 Å². The predicted molar refractivity (Wildman–Crippen MR) is 101 cm³/mol. The third-order valence-electron chi connectivity index (χ3n) is 4.23. The largest absolute Gasteiger partial charge is 0.399 e. The number of pyridine rings is 1. The summed E-state index contributed by atoms with van der Waals surface area (Å²) in [4.78, 5) is 18.4. The second-order valence-electron chi connectivity index (χ2n) is 6.05. The van der Waals surface area contributed by atoms with E-state index in [1.807, 2.05) is 6.92 Å². The van der Waals surface area contributed by atoms with E-state index in [0.717, 1.165) is 0 Å². The first-order valence-corrected chi connectivity index (χ1v) is 8.74. The second kappa shape index (κ2) is 7.51. The molecule has 3 N–H and O–H groups in total. The van der Waals surface area contributed by atoms with Crippen LogP contribution < -0.4 is 11.1 Å². The lowest BCUT2D eigenvalue weighted by Gasteiger charge is -2.35. The molecular weight excluding hydrogens is 378 g/mol. The third kappa shape index (κ3) is 3.61. The molecule has 0 spiro atoms. The van der Waals surface area contributed by atoms with Gasteiger partial charge in [0.15, 0.2) is 11.6 Å². The average molecular weight is 395 g/mol. The van der Waals surface area contributed by atoms with Gasteiger partial charge in [0.2, 0.25) is 0 Å². The fraction of sp³-hybridized carbons (Fsp3) is 0.222. The number of nitrogens with zero attached hydrogens (tertiary/aromatic N) is 2. The van der Waals surface area contributed by atoms with E-state index in [9.17, 15) is 9.18 Å². The molecule has 0 saturated carbocycles. The van der Waals surface area contributed by atoms with Crippen LogP contribution in [0.4, 0.5) is 10.2 Å². The van der Waals surface area contributed by atoms with Crippen LogP contribution in [0.25, 0.3) is 0 Å². The number of carbonyl (C=O) groups is 1. The van der Waals surface area contributed by atoms with Crippen LogP contribution in [0, 0.1) is 5.82 Å². The van der Waals surface area contributed by atoms with E-state index in [2.05, 4.69) is 10.3 Å². The number of nitrogens with one attached hydrogen (secondary N) is 1. The van der Waals surface area contributed by atoms with Gasteiger partial charge < -0.3 is 16.0 Å². The van der Waals surface area contributed by atoms with Gasteiger partial charge in [0.1, 0.15) is 0 Å². The standard InChI is InChI=1S/C18H17Cl2FN4O/c1-10-8-15(24-17-13(21)6-3-7-23-17)14(22)9-25(10)18(26)11-4-2-5-12(19)16(11)20/h2-7,10H,8-9,22H2,1H3,(H,23,24). The number of rotatable bonds is 3. The molecule has 1 amide bonds. The zero-order valence-corrected chi connectivity index (χ0v) is 15.5. The van der Waals surface area contributed by atoms with Crippen LogP contribution in [0.15, 0.2) is 47.9 Å². The summed E-state index contributed by atoms with van der Waals surface area (Å²) >= 11 is 12.2. The number of aromatic nitrogens is 1. The van der Waals surface area contributed by atoms with Crippen LogP contribution in [0.1, 0.15) is 23.7 Å². The molecule has 0 fully saturated rings. The molecule has 1 unspecified atom stereocenters. The van der Waals surface area contributed by atoms with E-state index in [4.69, 9.17) is 28.9 Å². The molecule has 26 heavy (non-hydrogen) atoms. The minimum absolute atomic E-state index is 0.107. The summed E-state index contributed by atoms with van der Waals surface area (Å²) < 4.78 is 13.8. The van der Waals surface area contributed by atoms with E-state index in [0.29, 0.717) is 28.4 Å². The van der Waals surface area contributed by atoms with Gasteiger partial charge in [0.25, 0.3) is 5.91 Å². The Morgan fingerprint density at radius 2 is 2.12 bits per heavy atom. The maximum Gasteiger partial charge on any atom is 0.256 e. The molecular formula is C18H17Cl2FN4O. The number of hydrogen-bond donors (Lipinski definition) is 2. The minimum atomic E-state index is -0.468. The lowest BCUT2D eigenvalue weighted by atomic mass is 10.0. The smallest absolute Gasteiger partial charge is 0.256 e. The zero-order valence-electron chi connectivity index (χ0n) is 14.0. The van der Waals surface area contributed by atoms with Crippen LogP contribution in [-0.4, -0.2) is 28.4 Å². The van der Waals surface area contributed by atoms with Crippen LogP contribution in [0.2, 0.25) is 10.0 Å². The summed E-state index contributed by atoms with van der Waals surface area (Å²) in [6, 6.07) is 7.58. The molecule has 1 aliphatic rings. The number of halogens is 3. The van der Waals surface area contributed by atoms with Crippen molar-refractivity contribution in [3.05, 3.63) is 69.3 Å². The van der Waals surface area contributed by atoms with E-state index in [1.165, 1.54) is 18.3 Å². The Kier molecular flexibility index (Phi) is 5.34. The maximum absolute atomic E-state index is 13.8. The molecule has 2 aromatic rings. The molecule has 0 aliphatic carbocycles. The lowest BCUT2D eigenvalue weighted by Crippen LogP contribution is -2.45. The highest BCUT2D eigenvalue weighted by Crippen LogP contribution is 2.29. The molecule has 5 nitrogen and oxygen atoms in total. The summed E-state index contributed by atoms with van der Waals surface area (Å²) in [5, 5.41) is 3.47. The maximum atomic E-state index is 13.8. The van der Waals surface area contributed by atoms with Gasteiger partial charge in [-0.2, -0.15) is 0 Å². The molecule has 0 bridgehead atoms. The molecule has 8 heteroatoms. The molecule has 0 saturated heterocycles. The number of amides is 1. The normalized spacial score (nSPS) is 17.4. The number of carbonyl (C=O) groups excluding carboxylic acids is 1. The molecule has 1 atom stereocenters. The Bertz CT molecular complexity index is 887. The van der Waals surface area contributed by atoms with E-state index < -0.39 is 5.82 Å². The molecule has 1 aliphatic heterocycles. The van der Waals surface area contributed by atoms with Gasteiger partial charge in [-0.25, -0.2) is 9.37 Å². The van der Waals surface area contributed by atoms with Crippen molar-refractivity contribution in [1.82, 2.24) is 9.88 Å². The fourth-order valence-electron chi connectivity index (χ4n) is 2.82.